The number of rotatable bonds is 5. The summed E-state index contributed by atoms with van der Waals surface area (Å²) in [6.07, 6.45) is 4.20. The number of hydrogen-bond acceptors (Lipinski definition) is 5. The predicted molar refractivity (Wildman–Crippen MR) is 118 cm³/mol. The van der Waals surface area contributed by atoms with Gasteiger partial charge in [-0.1, -0.05) is 13.8 Å². The second-order valence-electron chi connectivity index (χ2n) is 9.51. The van der Waals surface area contributed by atoms with Crippen LogP contribution >= 0.6 is 0 Å². The zero-order valence-corrected chi connectivity index (χ0v) is 19.4. The molecule has 1 N–H and O–H groups in total. The Morgan fingerprint density at radius 3 is 2.53 bits per heavy atom. The van der Waals surface area contributed by atoms with E-state index in [4.69, 9.17) is 4.74 Å². The number of carbonyl (C=O) groups is 3. The lowest BCUT2D eigenvalue weighted by molar-refractivity contribution is -0.135. The van der Waals surface area contributed by atoms with E-state index in [2.05, 4.69) is 10.4 Å². The Morgan fingerprint density at radius 2 is 1.88 bits per heavy atom. The molecular formula is C23H35N5O4. The van der Waals surface area contributed by atoms with Crippen LogP contribution in [-0.2, 0) is 34.3 Å². The van der Waals surface area contributed by atoms with Crippen molar-refractivity contribution >= 4 is 17.7 Å². The van der Waals surface area contributed by atoms with Crippen LogP contribution in [0.15, 0.2) is 0 Å². The molecule has 3 amide bonds. The third-order valence-corrected chi connectivity index (χ3v) is 6.93. The molecular weight excluding hydrogens is 410 g/mol. The number of aromatic nitrogens is 2. The minimum atomic E-state index is -0.0982. The fourth-order valence-corrected chi connectivity index (χ4v) is 4.98. The molecule has 2 saturated heterocycles. The highest BCUT2D eigenvalue weighted by Crippen LogP contribution is 2.26. The van der Waals surface area contributed by atoms with Gasteiger partial charge in [0, 0.05) is 75.9 Å². The number of nitrogens with one attached hydrogen (secondary N) is 1. The maximum Gasteiger partial charge on any atom is 0.274 e. The van der Waals surface area contributed by atoms with Crippen LogP contribution in [0, 0.1) is 11.8 Å². The summed E-state index contributed by atoms with van der Waals surface area (Å²) in [7, 11) is 1.86. The van der Waals surface area contributed by atoms with Crippen molar-refractivity contribution in [2.45, 2.75) is 58.6 Å². The minimum absolute atomic E-state index is 0.0608. The number of carbonyl (C=O) groups excluding carboxylic acids is 3. The second kappa shape index (κ2) is 9.60. The summed E-state index contributed by atoms with van der Waals surface area (Å²) in [5.74, 6) is -0.0765. The standard InChI is InChI=1S/C23H35N5O4/c1-15(2)22(30)28-11-8-19-18(14-28)20(25-26(19)3)23(31)27-9-6-16(7-10-27)21(29)24-13-17-5-4-12-32-17/h15-17H,4-14H2,1-3H3,(H,24,29). The first-order valence-corrected chi connectivity index (χ1v) is 11.9. The fraction of sp³-hybridized carbons (Fsp3) is 0.739. The third-order valence-electron chi connectivity index (χ3n) is 6.93. The fourth-order valence-electron chi connectivity index (χ4n) is 4.98. The zero-order valence-electron chi connectivity index (χ0n) is 19.4. The number of ether oxygens (including phenoxy) is 1. The summed E-state index contributed by atoms with van der Waals surface area (Å²) in [5, 5.41) is 7.55. The minimum Gasteiger partial charge on any atom is -0.376 e. The van der Waals surface area contributed by atoms with E-state index < -0.39 is 0 Å². The Kier molecular flexibility index (Phi) is 6.83. The highest BCUT2D eigenvalue weighted by molar-refractivity contribution is 5.94. The maximum absolute atomic E-state index is 13.3. The molecule has 0 spiro atoms. The van der Waals surface area contributed by atoms with Crippen LogP contribution in [0.1, 0.15) is 61.3 Å². The van der Waals surface area contributed by atoms with Gasteiger partial charge in [-0.25, -0.2) is 0 Å². The molecule has 9 heteroatoms. The van der Waals surface area contributed by atoms with Gasteiger partial charge in [0.25, 0.3) is 5.91 Å². The highest BCUT2D eigenvalue weighted by atomic mass is 16.5. The lowest BCUT2D eigenvalue weighted by Crippen LogP contribution is -2.45. The highest BCUT2D eigenvalue weighted by Gasteiger charge is 2.34. The number of fused-ring (bicyclic) bond motifs is 1. The number of hydrogen-bond donors (Lipinski definition) is 1. The van der Waals surface area contributed by atoms with Gasteiger partial charge in [0.05, 0.1) is 6.10 Å². The Morgan fingerprint density at radius 1 is 1.12 bits per heavy atom. The van der Waals surface area contributed by atoms with Crippen LogP contribution < -0.4 is 5.32 Å². The van der Waals surface area contributed by atoms with Gasteiger partial charge in [-0.2, -0.15) is 5.10 Å². The first kappa shape index (κ1) is 22.8. The number of aryl methyl sites for hydroxylation is 1. The molecule has 0 radical (unpaired) electrons. The predicted octanol–water partition coefficient (Wildman–Crippen LogP) is 1.11. The van der Waals surface area contributed by atoms with E-state index in [1.807, 2.05) is 25.8 Å². The van der Waals surface area contributed by atoms with Crippen LogP contribution in [0.2, 0.25) is 0 Å². The van der Waals surface area contributed by atoms with Crippen LogP contribution in [0.4, 0.5) is 0 Å². The summed E-state index contributed by atoms with van der Waals surface area (Å²) >= 11 is 0. The monoisotopic (exact) mass is 445 g/mol. The quantitative estimate of drug-likeness (QED) is 0.732. The molecule has 0 aromatic carbocycles. The molecule has 1 aromatic heterocycles. The van der Waals surface area contributed by atoms with Crippen LogP contribution in [0.25, 0.3) is 0 Å². The smallest absolute Gasteiger partial charge is 0.274 e. The van der Waals surface area contributed by atoms with Crippen LogP contribution in [-0.4, -0.2) is 76.2 Å². The van der Waals surface area contributed by atoms with E-state index in [9.17, 15) is 14.4 Å². The average molecular weight is 446 g/mol. The van der Waals surface area contributed by atoms with E-state index in [0.29, 0.717) is 57.7 Å². The van der Waals surface area contributed by atoms with Crippen LogP contribution in [0.3, 0.4) is 0 Å². The van der Waals surface area contributed by atoms with Crippen molar-refractivity contribution in [2.24, 2.45) is 18.9 Å². The summed E-state index contributed by atoms with van der Waals surface area (Å²) in [5.41, 5.74) is 2.35. The topological polar surface area (TPSA) is 96.8 Å². The first-order valence-electron chi connectivity index (χ1n) is 11.9. The number of amides is 3. The summed E-state index contributed by atoms with van der Waals surface area (Å²) in [4.78, 5) is 42.0. The SMILES string of the molecule is CC(C)C(=O)N1CCc2c(c(C(=O)N3CCC(C(=O)NCC4CCCO4)CC3)nn2C)C1. The summed E-state index contributed by atoms with van der Waals surface area (Å²) in [6.45, 7) is 7.31. The number of piperidine rings is 1. The Hall–Kier alpha value is -2.42. The van der Waals surface area contributed by atoms with Gasteiger partial charge in [0.15, 0.2) is 5.69 Å². The summed E-state index contributed by atoms with van der Waals surface area (Å²) in [6, 6.07) is 0. The Balaban J connectivity index is 1.35. The van der Waals surface area contributed by atoms with Gasteiger partial charge < -0.3 is 19.9 Å². The van der Waals surface area contributed by atoms with Gasteiger partial charge in [0.1, 0.15) is 0 Å². The van der Waals surface area contributed by atoms with Crippen molar-refractivity contribution in [3.8, 4) is 0 Å². The molecule has 176 valence electrons. The molecule has 4 rings (SSSR count). The first-order chi connectivity index (χ1) is 15.3. The van der Waals surface area contributed by atoms with Crippen molar-refractivity contribution in [3.05, 3.63) is 17.0 Å². The molecule has 3 aliphatic rings. The molecule has 32 heavy (non-hydrogen) atoms. The van der Waals surface area contributed by atoms with Gasteiger partial charge in [-0.05, 0) is 25.7 Å². The average Bonchev–Trinajstić information content (AvgIpc) is 3.44. The second-order valence-corrected chi connectivity index (χ2v) is 9.51. The molecule has 3 aliphatic heterocycles. The Labute approximate surface area is 189 Å². The molecule has 1 aromatic rings. The van der Waals surface area contributed by atoms with Crippen LogP contribution in [0.5, 0.6) is 0 Å². The van der Waals surface area contributed by atoms with Crippen molar-refractivity contribution in [3.63, 3.8) is 0 Å². The molecule has 0 aliphatic carbocycles. The third kappa shape index (κ3) is 4.67. The molecule has 1 atom stereocenters. The molecule has 1 unspecified atom stereocenters. The van der Waals surface area contributed by atoms with E-state index in [0.717, 1.165) is 30.7 Å². The normalized spacial score (nSPS) is 21.7. The lowest BCUT2D eigenvalue weighted by Gasteiger charge is -2.32. The van der Waals surface area contributed by atoms with Crippen molar-refractivity contribution in [1.29, 1.82) is 0 Å². The van der Waals surface area contributed by atoms with Gasteiger partial charge in [0.2, 0.25) is 11.8 Å². The maximum atomic E-state index is 13.3. The molecule has 0 saturated carbocycles. The van der Waals surface area contributed by atoms with E-state index in [1.165, 1.54) is 0 Å². The van der Waals surface area contributed by atoms with Gasteiger partial charge in [-0.3, -0.25) is 19.1 Å². The van der Waals surface area contributed by atoms with E-state index >= 15 is 0 Å². The largest absolute Gasteiger partial charge is 0.376 e. The van der Waals surface area contributed by atoms with Gasteiger partial charge >= 0.3 is 0 Å². The van der Waals surface area contributed by atoms with E-state index in [1.54, 1.807) is 9.58 Å². The van der Waals surface area contributed by atoms with E-state index in [-0.39, 0.29) is 35.7 Å². The number of likely N-dealkylation sites (tertiary alicyclic amines) is 1. The van der Waals surface area contributed by atoms with Crippen molar-refractivity contribution < 1.29 is 19.1 Å². The molecule has 0 bridgehead atoms. The van der Waals surface area contributed by atoms with Crippen molar-refractivity contribution in [2.75, 3.05) is 32.8 Å². The zero-order chi connectivity index (χ0) is 22.8. The molecule has 2 fully saturated rings. The Bertz CT molecular complexity index is 866. The van der Waals surface area contributed by atoms with Gasteiger partial charge in [-0.15, -0.1) is 0 Å². The number of nitrogens with zero attached hydrogens (tertiary/aromatic N) is 4. The summed E-state index contributed by atoms with van der Waals surface area (Å²) < 4.78 is 7.35. The molecule has 9 nitrogen and oxygen atoms in total. The molecule has 4 heterocycles. The van der Waals surface area contributed by atoms with Crippen molar-refractivity contribution in [1.82, 2.24) is 24.9 Å². The lowest BCUT2D eigenvalue weighted by atomic mass is 9.95.